The maximum atomic E-state index is 12.9. The molecule has 0 fully saturated rings. The standard InChI is InChI=1S/C25H23N5O/c1-16-4-2-3-5-21(16)30-23-15-25(31)24(29-20-12-8-18(27)9-13-20)14-22(23)28-19-10-6-17(26)7-11-19/h2-15,29-30H,26-27H2,1H3/b28-22-. The molecule has 154 valence electrons. The molecule has 6 N–H and O–H groups in total. The number of hydrogen-bond acceptors (Lipinski definition) is 6. The lowest BCUT2D eigenvalue weighted by Crippen LogP contribution is -2.22. The SMILES string of the molecule is Cc1ccccc1NC1=CC(=O)C(Nc2ccc(N)cc2)=C/C1=N/c1ccc(N)cc1. The zero-order valence-electron chi connectivity index (χ0n) is 17.1. The van der Waals surface area contributed by atoms with Gasteiger partial charge in [-0.05, 0) is 73.2 Å². The van der Waals surface area contributed by atoms with Crippen LogP contribution in [0, 0.1) is 6.92 Å². The number of para-hydroxylation sites is 1. The maximum absolute atomic E-state index is 12.9. The molecule has 0 aliphatic heterocycles. The van der Waals surface area contributed by atoms with Gasteiger partial charge in [0.15, 0.2) is 0 Å². The molecule has 1 aliphatic rings. The van der Waals surface area contributed by atoms with E-state index in [0.717, 1.165) is 22.6 Å². The second-order valence-electron chi connectivity index (χ2n) is 7.26. The van der Waals surface area contributed by atoms with Crippen molar-refractivity contribution >= 4 is 39.9 Å². The van der Waals surface area contributed by atoms with Gasteiger partial charge in [0.25, 0.3) is 0 Å². The van der Waals surface area contributed by atoms with Crippen molar-refractivity contribution in [3.63, 3.8) is 0 Å². The summed E-state index contributed by atoms with van der Waals surface area (Å²) in [6.45, 7) is 2.01. The van der Waals surface area contributed by atoms with Crippen LogP contribution in [0.2, 0.25) is 0 Å². The van der Waals surface area contributed by atoms with Crippen LogP contribution in [-0.2, 0) is 4.79 Å². The summed E-state index contributed by atoms with van der Waals surface area (Å²) in [5.74, 6) is -0.149. The Morgan fingerprint density at radius 2 is 1.39 bits per heavy atom. The number of nitrogens with one attached hydrogen (secondary N) is 2. The van der Waals surface area contributed by atoms with E-state index in [0.29, 0.717) is 28.5 Å². The fourth-order valence-electron chi connectivity index (χ4n) is 3.13. The number of nitrogens with zero attached hydrogens (tertiary/aromatic N) is 1. The van der Waals surface area contributed by atoms with Crippen molar-refractivity contribution in [3.8, 4) is 0 Å². The van der Waals surface area contributed by atoms with Crippen LogP contribution in [-0.4, -0.2) is 11.5 Å². The van der Waals surface area contributed by atoms with Crippen molar-refractivity contribution < 1.29 is 4.79 Å². The second-order valence-corrected chi connectivity index (χ2v) is 7.26. The largest absolute Gasteiger partial charge is 0.399 e. The number of aryl methyl sites for hydroxylation is 1. The smallest absolute Gasteiger partial charge is 0.204 e. The zero-order chi connectivity index (χ0) is 21.8. The van der Waals surface area contributed by atoms with E-state index in [1.807, 2.05) is 55.5 Å². The summed E-state index contributed by atoms with van der Waals surface area (Å²) in [4.78, 5) is 17.6. The summed E-state index contributed by atoms with van der Waals surface area (Å²) in [7, 11) is 0. The van der Waals surface area contributed by atoms with Gasteiger partial charge in [0.1, 0.15) is 0 Å². The van der Waals surface area contributed by atoms with Crippen molar-refractivity contribution in [2.75, 3.05) is 22.1 Å². The zero-order valence-corrected chi connectivity index (χ0v) is 17.1. The van der Waals surface area contributed by atoms with E-state index in [4.69, 9.17) is 16.5 Å². The Bertz CT molecular complexity index is 1210. The molecule has 0 aromatic heterocycles. The number of benzene rings is 3. The van der Waals surface area contributed by atoms with Gasteiger partial charge in [0.2, 0.25) is 5.78 Å². The molecule has 0 amide bonds. The third-order valence-corrected chi connectivity index (χ3v) is 4.84. The molecule has 6 heteroatoms. The summed E-state index contributed by atoms with van der Waals surface area (Å²) in [6.07, 6.45) is 3.30. The summed E-state index contributed by atoms with van der Waals surface area (Å²) in [5, 5.41) is 6.51. The van der Waals surface area contributed by atoms with Gasteiger partial charge >= 0.3 is 0 Å². The fourth-order valence-corrected chi connectivity index (χ4v) is 3.13. The third-order valence-electron chi connectivity index (χ3n) is 4.84. The van der Waals surface area contributed by atoms with Crippen LogP contribution in [0.25, 0.3) is 0 Å². The Hall–Kier alpha value is -4.32. The topological polar surface area (TPSA) is 106 Å². The highest BCUT2D eigenvalue weighted by Crippen LogP contribution is 2.24. The first-order chi connectivity index (χ1) is 15.0. The van der Waals surface area contributed by atoms with Crippen LogP contribution >= 0.6 is 0 Å². The number of anilines is 4. The van der Waals surface area contributed by atoms with Crippen molar-refractivity contribution in [3.05, 3.63) is 102 Å². The molecule has 0 atom stereocenters. The summed E-state index contributed by atoms with van der Waals surface area (Å²) >= 11 is 0. The van der Waals surface area contributed by atoms with Gasteiger partial charge < -0.3 is 22.1 Å². The van der Waals surface area contributed by atoms with Crippen LogP contribution in [0.5, 0.6) is 0 Å². The van der Waals surface area contributed by atoms with Gasteiger partial charge in [-0.15, -0.1) is 0 Å². The molecule has 6 nitrogen and oxygen atoms in total. The third kappa shape index (κ3) is 4.82. The van der Waals surface area contributed by atoms with E-state index in [1.165, 1.54) is 0 Å². The molecule has 0 bridgehead atoms. The van der Waals surface area contributed by atoms with Gasteiger partial charge in [-0.3, -0.25) is 4.79 Å². The Kier molecular flexibility index (Phi) is 5.53. The van der Waals surface area contributed by atoms with Gasteiger partial charge in [-0.2, -0.15) is 0 Å². The van der Waals surface area contributed by atoms with E-state index in [-0.39, 0.29) is 5.78 Å². The normalized spacial score (nSPS) is 14.7. The number of aliphatic imine (C=N–C) groups is 1. The van der Waals surface area contributed by atoms with Gasteiger partial charge in [0.05, 0.1) is 22.8 Å². The highest BCUT2D eigenvalue weighted by atomic mass is 16.1. The number of carbonyl (C=O) groups excluding carboxylic acids is 1. The molecular weight excluding hydrogens is 386 g/mol. The first-order valence-corrected chi connectivity index (χ1v) is 9.85. The van der Waals surface area contributed by atoms with E-state index >= 15 is 0 Å². The molecule has 31 heavy (non-hydrogen) atoms. The highest BCUT2D eigenvalue weighted by molar-refractivity contribution is 6.24. The number of rotatable bonds is 5. The Morgan fingerprint density at radius 3 is 2.06 bits per heavy atom. The van der Waals surface area contributed by atoms with Gasteiger partial charge in [-0.25, -0.2) is 4.99 Å². The average Bonchev–Trinajstić information content (AvgIpc) is 2.76. The van der Waals surface area contributed by atoms with Crippen molar-refractivity contribution in [1.82, 2.24) is 0 Å². The summed E-state index contributed by atoms with van der Waals surface area (Å²) < 4.78 is 0. The van der Waals surface area contributed by atoms with Crippen LogP contribution in [0.1, 0.15) is 5.56 Å². The molecule has 0 saturated heterocycles. The monoisotopic (exact) mass is 409 g/mol. The van der Waals surface area contributed by atoms with Crippen LogP contribution in [0.3, 0.4) is 0 Å². The molecule has 1 aliphatic carbocycles. The number of ketones is 1. The lowest BCUT2D eigenvalue weighted by molar-refractivity contribution is -0.111. The molecule has 0 spiro atoms. The minimum Gasteiger partial charge on any atom is -0.399 e. The molecule has 4 rings (SSSR count). The molecule has 0 unspecified atom stereocenters. The Labute approximate surface area is 181 Å². The molecule has 0 heterocycles. The number of hydrogen-bond donors (Lipinski definition) is 4. The number of nitrogens with two attached hydrogens (primary N) is 2. The van der Waals surface area contributed by atoms with Crippen molar-refractivity contribution in [2.45, 2.75) is 6.92 Å². The second kappa shape index (κ2) is 8.59. The quantitative estimate of drug-likeness (QED) is 0.358. The number of carbonyl (C=O) groups is 1. The van der Waals surface area contributed by atoms with Gasteiger partial charge in [0, 0.05) is 28.8 Å². The molecule has 0 radical (unpaired) electrons. The number of allylic oxidation sites excluding steroid dienone is 2. The lowest BCUT2D eigenvalue weighted by Gasteiger charge is -2.19. The molecule has 3 aromatic rings. The Balaban J connectivity index is 1.70. The first kappa shape index (κ1) is 20.0. The minimum atomic E-state index is -0.149. The van der Waals surface area contributed by atoms with Crippen LogP contribution < -0.4 is 22.1 Å². The molecular formula is C25H23N5O. The summed E-state index contributed by atoms with van der Waals surface area (Å²) in [6, 6.07) is 22.4. The predicted octanol–water partition coefficient (Wildman–Crippen LogP) is 4.81. The molecule has 3 aromatic carbocycles. The van der Waals surface area contributed by atoms with Crippen molar-refractivity contribution in [2.24, 2.45) is 4.99 Å². The highest BCUT2D eigenvalue weighted by Gasteiger charge is 2.20. The maximum Gasteiger partial charge on any atom is 0.204 e. The average molecular weight is 409 g/mol. The lowest BCUT2D eigenvalue weighted by atomic mass is 10.0. The minimum absolute atomic E-state index is 0.149. The van der Waals surface area contributed by atoms with Crippen LogP contribution in [0.15, 0.2) is 101 Å². The van der Waals surface area contributed by atoms with E-state index in [2.05, 4.69) is 10.6 Å². The van der Waals surface area contributed by atoms with E-state index in [9.17, 15) is 4.79 Å². The number of nitrogen functional groups attached to an aromatic ring is 2. The van der Waals surface area contributed by atoms with Crippen LogP contribution in [0.4, 0.5) is 28.4 Å². The predicted molar refractivity (Wildman–Crippen MR) is 128 cm³/mol. The van der Waals surface area contributed by atoms with Crippen molar-refractivity contribution in [1.29, 1.82) is 0 Å². The first-order valence-electron chi connectivity index (χ1n) is 9.85. The summed E-state index contributed by atoms with van der Waals surface area (Å²) in [5.41, 5.74) is 18.0. The van der Waals surface area contributed by atoms with E-state index < -0.39 is 0 Å². The van der Waals surface area contributed by atoms with E-state index in [1.54, 1.807) is 36.4 Å². The Morgan fingerprint density at radius 1 is 0.742 bits per heavy atom. The fraction of sp³-hybridized carbons (Fsp3) is 0.0400. The molecule has 0 saturated carbocycles. The van der Waals surface area contributed by atoms with Gasteiger partial charge in [-0.1, -0.05) is 18.2 Å².